The fourth-order valence-corrected chi connectivity index (χ4v) is 3.56. The first-order chi connectivity index (χ1) is 9.56. The van der Waals surface area contributed by atoms with Gasteiger partial charge in [-0.2, -0.15) is 0 Å². The number of halogens is 3. The highest BCUT2D eigenvalue weighted by atomic mass is 35.8. The lowest BCUT2D eigenvalue weighted by molar-refractivity contribution is 0.545. The number of allylic oxidation sites excluding steroid dienone is 1. The molecule has 0 bridgehead atoms. The van der Waals surface area contributed by atoms with E-state index in [2.05, 4.69) is 6.92 Å². The van der Waals surface area contributed by atoms with Crippen LogP contribution >= 0.6 is 33.2 Å². The minimum Gasteiger partial charge on any atom is -0.121 e. The van der Waals surface area contributed by atoms with Gasteiger partial charge in [0.2, 0.25) is 0 Å². The molecule has 0 atom stereocenters. The van der Waals surface area contributed by atoms with Gasteiger partial charge in [0.1, 0.15) is 0 Å². The molecule has 0 rings (SSSR count). The third-order valence-corrected chi connectivity index (χ3v) is 5.28. The van der Waals surface area contributed by atoms with Gasteiger partial charge in [-0.15, -0.1) is 33.2 Å². The maximum absolute atomic E-state index is 5.77. The average Bonchev–Trinajstić information content (AvgIpc) is 2.38. The molecule has 0 amide bonds. The van der Waals surface area contributed by atoms with Gasteiger partial charge in [-0.25, -0.2) is 0 Å². The van der Waals surface area contributed by atoms with Crippen molar-refractivity contribution in [1.82, 2.24) is 0 Å². The van der Waals surface area contributed by atoms with Gasteiger partial charge >= 0.3 is 6.00 Å². The molecule has 0 N–H and O–H groups in total. The van der Waals surface area contributed by atoms with Crippen LogP contribution in [0.3, 0.4) is 0 Å². The van der Waals surface area contributed by atoms with Crippen LogP contribution in [0.2, 0.25) is 0 Å². The zero-order chi connectivity index (χ0) is 15.1. The van der Waals surface area contributed by atoms with Gasteiger partial charge in [0.15, 0.2) is 0 Å². The van der Waals surface area contributed by atoms with Crippen LogP contribution in [0.4, 0.5) is 0 Å². The molecule has 0 unspecified atom stereocenters. The minimum atomic E-state index is -2.52. The summed E-state index contributed by atoms with van der Waals surface area (Å²) in [6.07, 6.45) is 19.7. The van der Waals surface area contributed by atoms with Gasteiger partial charge < -0.3 is 0 Å². The van der Waals surface area contributed by atoms with E-state index < -0.39 is 6.00 Å². The fourth-order valence-electron chi connectivity index (χ4n) is 2.32. The standard InChI is InChI=1S/C16H31Cl3Si/c1-2-3-4-5-6-7-8-9-10-11-12-13-14-15-16-20(17,18)19/h15-16H,2-14H2,1H3. The predicted octanol–water partition coefficient (Wildman–Crippen LogP) is 7.83. The molecule has 0 radical (unpaired) electrons. The van der Waals surface area contributed by atoms with E-state index in [1.54, 1.807) is 5.70 Å². The second-order valence-electron chi connectivity index (χ2n) is 5.62. The second-order valence-corrected chi connectivity index (χ2v) is 14.1. The molecule has 0 saturated carbocycles. The van der Waals surface area contributed by atoms with Crippen LogP contribution in [-0.2, 0) is 0 Å². The molecular weight excluding hydrogens is 327 g/mol. The van der Waals surface area contributed by atoms with Crippen molar-refractivity contribution < 1.29 is 0 Å². The molecule has 0 aromatic heterocycles. The Bertz CT molecular complexity index is 224. The van der Waals surface area contributed by atoms with Crippen LogP contribution in [0.15, 0.2) is 11.8 Å². The molecule has 0 aliphatic rings. The summed E-state index contributed by atoms with van der Waals surface area (Å²) in [5.74, 6) is 0. The zero-order valence-corrected chi connectivity index (χ0v) is 16.2. The normalized spacial score (nSPS) is 12.4. The second kappa shape index (κ2) is 14.8. The first kappa shape index (κ1) is 20.8. The lowest BCUT2D eigenvalue weighted by Gasteiger charge is -2.02. The van der Waals surface area contributed by atoms with Crippen molar-refractivity contribution in [2.75, 3.05) is 0 Å². The van der Waals surface area contributed by atoms with Crippen molar-refractivity contribution in [3.63, 3.8) is 0 Å². The van der Waals surface area contributed by atoms with Crippen molar-refractivity contribution >= 4 is 39.2 Å². The maximum atomic E-state index is 5.77. The Labute approximate surface area is 141 Å². The van der Waals surface area contributed by atoms with E-state index in [4.69, 9.17) is 33.2 Å². The molecule has 0 spiro atoms. The van der Waals surface area contributed by atoms with Crippen molar-refractivity contribution in [3.05, 3.63) is 11.8 Å². The summed E-state index contributed by atoms with van der Waals surface area (Å²) in [6.45, 7) is 2.27. The van der Waals surface area contributed by atoms with Crippen molar-refractivity contribution in [1.29, 1.82) is 0 Å². The average molecular weight is 358 g/mol. The third-order valence-electron chi connectivity index (χ3n) is 3.53. The quantitative estimate of drug-likeness (QED) is 0.169. The smallest absolute Gasteiger partial charge is 0.121 e. The van der Waals surface area contributed by atoms with Gasteiger partial charge in [-0.05, 0) is 12.8 Å². The van der Waals surface area contributed by atoms with Crippen LogP contribution in [0.1, 0.15) is 90.4 Å². The monoisotopic (exact) mass is 356 g/mol. The van der Waals surface area contributed by atoms with Crippen LogP contribution in [0, 0.1) is 0 Å². The summed E-state index contributed by atoms with van der Waals surface area (Å²) in [7, 11) is 0. The molecule has 0 nitrogen and oxygen atoms in total. The number of rotatable bonds is 14. The number of unbranched alkanes of at least 4 members (excludes halogenated alkanes) is 12. The van der Waals surface area contributed by atoms with Gasteiger partial charge in [-0.3, -0.25) is 0 Å². The maximum Gasteiger partial charge on any atom is 0.365 e. The predicted molar refractivity (Wildman–Crippen MR) is 98.1 cm³/mol. The Morgan fingerprint density at radius 1 is 0.650 bits per heavy atom. The first-order valence-electron chi connectivity index (χ1n) is 8.30. The lowest BCUT2D eigenvalue weighted by Crippen LogP contribution is -2.02. The Balaban J connectivity index is 3.08. The van der Waals surface area contributed by atoms with Crippen molar-refractivity contribution in [2.24, 2.45) is 0 Å². The van der Waals surface area contributed by atoms with E-state index in [-0.39, 0.29) is 0 Å². The van der Waals surface area contributed by atoms with E-state index in [0.717, 1.165) is 6.42 Å². The highest BCUT2D eigenvalue weighted by molar-refractivity contribution is 7.66. The number of hydrogen-bond acceptors (Lipinski definition) is 0. The van der Waals surface area contributed by atoms with E-state index in [1.807, 2.05) is 6.08 Å². The van der Waals surface area contributed by atoms with Crippen molar-refractivity contribution in [2.45, 2.75) is 90.4 Å². The SMILES string of the molecule is CCCCCCCCCCCCCCC=C[Si](Cl)(Cl)Cl. The molecule has 0 heterocycles. The summed E-state index contributed by atoms with van der Waals surface area (Å²) < 4.78 is 0. The molecule has 0 fully saturated rings. The van der Waals surface area contributed by atoms with Gasteiger partial charge in [0.25, 0.3) is 0 Å². The molecule has 0 aromatic rings. The molecule has 4 heteroatoms. The Hall–Kier alpha value is 0.827. The molecule has 0 saturated heterocycles. The molecule has 20 heavy (non-hydrogen) atoms. The van der Waals surface area contributed by atoms with E-state index in [9.17, 15) is 0 Å². The molecule has 0 aliphatic carbocycles. The lowest BCUT2D eigenvalue weighted by atomic mass is 10.0. The minimum absolute atomic E-state index is 1.05. The highest BCUT2D eigenvalue weighted by Gasteiger charge is 2.19. The van der Waals surface area contributed by atoms with Crippen LogP contribution in [0.25, 0.3) is 0 Å². The molecule has 120 valence electrons. The number of hydrogen-bond donors (Lipinski definition) is 0. The molecular formula is C16H31Cl3Si. The summed E-state index contributed by atoms with van der Waals surface area (Å²) in [5, 5.41) is 0. The van der Waals surface area contributed by atoms with E-state index in [0.29, 0.717) is 0 Å². The van der Waals surface area contributed by atoms with Crippen LogP contribution in [0.5, 0.6) is 0 Å². The summed E-state index contributed by atoms with van der Waals surface area (Å²) in [6, 6.07) is -2.52. The van der Waals surface area contributed by atoms with Crippen molar-refractivity contribution in [3.8, 4) is 0 Å². The van der Waals surface area contributed by atoms with Gasteiger partial charge in [-0.1, -0.05) is 89.3 Å². The topological polar surface area (TPSA) is 0 Å². The largest absolute Gasteiger partial charge is 0.365 e. The Morgan fingerprint density at radius 2 is 1.05 bits per heavy atom. The van der Waals surface area contributed by atoms with Crippen LogP contribution < -0.4 is 0 Å². The first-order valence-corrected chi connectivity index (χ1v) is 13.4. The van der Waals surface area contributed by atoms with E-state index in [1.165, 1.54) is 77.0 Å². The Morgan fingerprint density at radius 3 is 1.45 bits per heavy atom. The molecule has 0 aliphatic heterocycles. The van der Waals surface area contributed by atoms with Gasteiger partial charge in [0.05, 0.1) is 0 Å². The summed E-state index contributed by atoms with van der Waals surface area (Å²) >= 11 is 17.3. The van der Waals surface area contributed by atoms with E-state index >= 15 is 0 Å². The van der Waals surface area contributed by atoms with Crippen LogP contribution in [-0.4, -0.2) is 6.00 Å². The molecule has 0 aromatic carbocycles. The fraction of sp³-hybridized carbons (Fsp3) is 0.875. The zero-order valence-electron chi connectivity index (χ0n) is 13.0. The summed E-state index contributed by atoms with van der Waals surface area (Å²) in [5.41, 5.74) is 1.79. The summed E-state index contributed by atoms with van der Waals surface area (Å²) in [4.78, 5) is 0. The third kappa shape index (κ3) is 18.8. The highest BCUT2D eigenvalue weighted by Crippen LogP contribution is 2.21. The Kier molecular flexibility index (Phi) is 15.4. The van der Waals surface area contributed by atoms with Gasteiger partial charge in [0, 0.05) is 0 Å².